The molecule has 0 saturated heterocycles. The fourth-order valence-electron chi connectivity index (χ4n) is 1.65. The molecule has 2 N–H and O–H groups in total. The summed E-state index contributed by atoms with van der Waals surface area (Å²) in [6.45, 7) is 1.76. The summed E-state index contributed by atoms with van der Waals surface area (Å²) >= 11 is 0. The third-order valence-electron chi connectivity index (χ3n) is 3.00. The highest BCUT2D eigenvalue weighted by Gasteiger charge is 2.29. The molecule has 0 aromatic heterocycles. The fourth-order valence-corrected chi connectivity index (χ4v) is 1.65. The number of carbonyl (C=O) groups is 2. The van der Waals surface area contributed by atoms with Crippen LogP contribution in [0.2, 0.25) is 0 Å². The number of amides is 2. The highest BCUT2D eigenvalue weighted by molar-refractivity contribution is 6.01. The third kappa shape index (κ3) is 3.81. The number of benzene rings is 1. The molecule has 6 nitrogen and oxygen atoms in total. The quantitative estimate of drug-likeness (QED) is 0.652. The largest absolute Gasteiger partial charge is 0.452 e. The average molecular weight is 275 g/mol. The maximum atomic E-state index is 11.7. The second-order valence-corrected chi connectivity index (χ2v) is 4.64. The van der Waals surface area contributed by atoms with E-state index in [1.165, 1.54) is 7.11 Å². The smallest absolute Gasteiger partial charge is 0.427 e. The molecule has 1 aromatic rings. The van der Waals surface area contributed by atoms with Crippen LogP contribution in [0.25, 0.3) is 0 Å². The fraction of sp³-hybridized carbons (Fsp3) is 0.357. The summed E-state index contributed by atoms with van der Waals surface area (Å²) in [5, 5.41) is 6.78. The van der Waals surface area contributed by atoms with Crippen molar-refractivity contribution < 1.29 is 14.3 Å². The Labute approximate surface area is 117 Å². The molecule has 106 valence electrons. The van der Waals surface area contributed by atoms with Gasteiger partial charge in [-0.05, 0) is 37.5 Å². The Morgan fingerprint density at radius 2 is 2.10 bits per heavy atom. The predicted molar refractivity (Wildman–Crippen MR) is 75.5 cm³/mol. The Morgan fingerprint density at radius 1 is 1.35 bits per heavy atom. The number of anilines is 1. The van der Waals surface area contributed by atoms with E-state index < -0.39 is 6.09 Å². The molecule has 0 heterocycles. The molecule has 6 heteroatoms. The number of hydrogen-bond donors (Lipinski definition) is 2. The van der Waals surface area contributed by atoms with E-state index in [0.717, 1.165) is 24.1 Å². The molecule has 1 aliphatic rings. The summed E-state index contributed by atoms with van der Waals surface area (Å²) in [7, 11) is 1.27. The number of hydrazone groups is 1. The molecular weight excluding hydrogens is 258 g/mol. The second-order valence-electron chi connectivity index (χ2n) is 4.64. The van der Waals surface area contributed by atoms with Crippen LogP contribution in [0.15, 0.2) is 29.4 Å². The van der Waals surface area contributed by atoms with Crippen molar-refractivity contribution >= 4 is 23.4 Å². The van der Waals surface area contributed by atoms with Crippen LogP contribution >= 0.6 is 0 Å². The van der Waals surface area contributed by atoms with Crippen molar-refractivity contribution in [2.24, 2.45) is 11.0 Å². The first kappa shape index (κ1) is 14.0. The number of ether oxygens (including phenoxy) is 1. The van der Waals surface area contributed by atoms with Crippen LogP contribution in [0.3, 0.4) is 0 Å². The number of methoxy groups -OCH3 is 1. The maximum absolute atomic E-state index is 11.7. The van der Waals surface area contributed by atoms with Crippen molar-refractivity contribution in [3.63, 3.8) is 0 Å². The van der Waals surface area contributed by atoms with E-state index in [0.29, 0.717) is 5.71 Å². The van der Waals surface area contributed by atoms with Crippen molar-refractivity contribution in [3.05, 3.63) is 29.8 Å². The molecule has 0 spiro atoms. The van der Waals surface area contributed by atoms with Crippen LogP contribution in [0, 0.1) is 5.92 Å². The Bertz CT molecular complexity index is 550. The van der Waals surface area contributed by atoms with E-state index in [2.05, 4.69) is 20.6 Å². The monoisotopic (exact) mass is 275 g/mol. The van der Waals surface area contributed by atoms with Gasteiger partial charge in [-0.15, -0.1) is 0 Å². The molecule has 0 unspecified atom stereocenters. The van der Waals surface area contributed by atoms with Gasteiger partial charge in [0, 0.05) is 11.6 Å². The van der Waals surface area contributed by atoms with Crippen LogP contribution in [-0.2, 0) is 9.53 Å². The van der Waals surface area contributed by atoms with E-state index in [1.54, 1.807) is 6.92 Å². The van der Waals surface area contributed by atoms with Crippen LogP contribution < -0.4 is 10.7 Å². The van der Waals surface area contributed by atoms with Gasteiger partial charge < -0.3 is 10.1 Å². The summed E-state index contributed by atoms with van der Waals surface area (Å²) in [6, 6.07) is 7.32. The van der Waals surface area contributed by atoms with Gasteiger partial charge >= 0.3 is 6.09 Å². The minimum absolute atomic E-state index is 0.0597. The lowest BCUT2D eigenvalue weighted by atomic mass is 10.1. The van der Waals surface area contributed by atoms with Crippen molar-refractivity contribution in [3.8, 4) is 0 Å². The van der Waals surface area contributed by atoms with Gasteiger partial charge in [0.25, 0.3) is 0 Å². The first-order valence-electron chi connectivity index (χ1n) is 6.39. The molecule has 1 aromatic carbocycles. The lowest BCUT2D eigenvalue weighted by Crippen LogP contribution is -2.18. The zero-order valence-corrected chi connectivity index (χ0v) is 11.5. The van der Waals surface area contributed by atoms with Gasteiger partial charge in [0.2, 0.25) is 5.91 Å². The molecule has 20 heavy (non-hydrogen) atoms. The molecule has 0 bridgehead atoms. The van der Waals surface area contributed by atoms with Crippen molar-refractivity contribution in [1.29, 1.82) is 0 Å². The Balaban J connectivity index is 2.04. The van der Waals surface area contributed by atoms with Crippen molar-refractivity contribution in [2.75, 3.05) is 12.4 Å². The molecule has 2 amide bonds. The highest BCUT2D eigenvalue weighted by atomic mass is 16.5. The predicted octanol–water partition coefficient (Wildman–Crippen LogP) is 2.12. The number of carbonyl (C=O) groups excluding carboxylic acids is 2. The molecular formula is C14H17N3O3. The molecule has 1 saturated carbocycles. The zero-order chi connectivity index (χ0) is 14.5. The summed E-state index contributed by atoms with van der Waals surface area (Å²) in [5.74, 6) is 0.221. The van der Waals surface area contributed by atoms with E-state index >= 15 is 0 Å². The van der Waals surface area contributed by atoms with Gasteiger partial charge in [0.1, 0.15) is 0 Å². The van der Waals surface area contributed by atoms with Gasteiger partial charge in [-0.3, -0.25) is 4.79 Å². The minimum Gasteiger partial charge on any atom is -0.452 e. The molecule has 0 aliphatic heterocycles. The summed E-state index contributed by atoms with van der Waals surface area (Å²) in [6.07, 6.45) is 1.31. The Kier molecular flexibility index (Phi) is 4.34. The second kappa shape index (κ2) is 6.18. The maximum Gasteiger partial charge on any atom is 0.427 e. The molecule has 1 fully saturated rings. The highest BCUT2D eigenvalue weighted by Crippen LogP contribution is 2.30. The van der Waals surface area contributed by atoms with Crippen LogP contribution in [0.5, 0.6) is 0 Å². The summed E-state index contributed by atoms with van der Waals surface area (Å²) in [5.41, 5.74) is 4.43. The molecule has 0 atom stereocenters. The van der Waals surface area contributed by atoms with Crippen LogP contribution in [-0.4, -0.2) is 24.8 Å². The minimum atomic E-state index is -0.623. The standard InChI is InChI=1S/C14H17N3O3/c1-9(16-17-14(19)20-2)11-4-3-5-12(8-11)15-13(18)10-6-7-10/h3-5,8,10H,6-7H2,1-2H3,(H,15,18)(H,17,19)/b16-9-. The topological polar surface area (TPSA) is 79.8 Å². The molecule has 0 radical (unpaired) electrons. The Hall–Kier alpha value is -2.37. The lowest BCUT2D eigenvalue weighted by molar-refractivity contribution is -0.117. The average Bonchev–Trinajstić information content (AvgIpc) is 3.29. The number of nitrogens with one attached hydrogen (secondary N) is 2. The van der Waals surface area contributed by atoms with Gasteiger partial charge in [0.15, 0.2) is 0 Å². The van der Waals surface area contributed by atoms with Gasteiger partial charge in [0.05, 0.1) is 12.8 Å². The normalized spacial score (nSPS) is 14.6. The van der Waals surface area contributed by atoms with E-state index in [-0.39, 0.29) is 11.8 Å². The van der Waals surface area contributed by atoms with Crippen LogP contribution in [0.1, 0.15) is 25.3 Å². The summed E-state index contributed by atoms with van der Waals surface area (Å²) in [4.78, 5) is 22.6. The summed E-state index contributed by atoms with van der Waals surface area (Å²) < 4.78 is 4.43. The van der Waals surface area contributed by atoms with E-state index in [1.807, 2.05) is 24.3 Å². The van der Waals surface area contributed by atoms with Crippen LogP contribution in [0.4, 0.5) is 10.5 Å². The third-order valence-corrected chi connectivity index (χ3v) is 3.00. The van der Waals surface area contributed by atoms with Gasteiger partial charge in [-0.25, -0.2) is 10.2 Å². The Morgan fingerprint density at radius 3 is 2.75 bits per heavy atom. The molecule has 2 rings (SSSR count). The number of hydrogen-bond acceptors (Lipinski definition) is 4. The van der Waals surface area contributed by atoms with Gasteiger partial charge in [-0.1, -0.05) is 12.1 Å². The van der Waals surface area contributed by atoms with E-state index in [9.17, 15) is 9.59 Å². The SMILES string of the molecule is COC(=O)N/N=C(/C)c1cccc(NC(=O)C2CC2)c1. The first-order valence-corrected chi connectivity index (χ1v) is 6.39. The van der Waals surface area contributed by atoms with Crippen molar-refractivity contribution in [2.45, 2.75) is 19.8 Å². The van der Waals surface area contributed by atoms with Crippen molar-refractivity contribution in [1.82, 2.24) is 5.43 Å². The lowest BCUT2D eigenvalue weighted by Gasteiger charge is -2.07. The molecule has 1 aliphatic carbocycles. The van der Waals surface area contributed by atoms with Gasteiger partial charge in [-0.2, -0.15) is 5.10 Å². The number of rotatable bonds is 4. The van der Waals surface area contributed by atoms with E-state index in [4.69, 9.17) is 0 Å². The number of nitrogens with zero attached hydrogens (tertiary/aromatic N) is 1. The first-order chi connectivity index (χ1) is 9.60. The zero-order valence-electron chi connectivity index (χ0n) is 11.5.